The summed E-state index contributed by atoms with van der Waals surface area (Å²) in [5, 5.41) is 0. The highest BCUT2D eigenvalue weighted by molar-refractivity contribution is 6.01. The van der Waals surface area contributed by atoms with E-state index in [9.17, 15) is 4.79 Å². The van der Waals surface area contributed by atoms with Gasteiger partial charge in [-0.2, -0.15) is 0 Å². The van der Waals surface area contributed by atoms with Gasteiger partial charge in [-0.3, -0.25) is 4.79 Å². The van der Waals surface area contributed by atoms with E-state index in [1.54, 1.807) is 14.2 Å². The van der Waals surface area contributed by atoms with Gasteiger partial charge in [-0.1, -0.05) is 19.1 Å². The largest absolute Gasteiger partial charge is 0.383 e. The fourth-order valence-corrected chi connectivity index (χ4v) is 2.25. The number of anilines is 1. The van der Waals surface area contributed by atoms with E-state index in [1.807, 2.05) is 31.2 Å². The van der Waals surface area contributed by atoms with Crippen molar-refractivity contribution in [2.45, 2.75) is 26.3 Å². The molecule has 0 saturated heterocycles. The van der Waals surface area contributed by atoms with E-state index in [0.717, 1.165) is 17.8 Å². The van der Waals surface area contributed by atoms with Crippen molar-refractivity contribution in [3.63, 3.8) is 0 Å². The number of carbonyl (C=O) groups is 1. The predicted octanol–water partition coefficient (Wildman–Crippen LogP) is 2.77. The Morgan fingerprint density at radius 1 is 1.25 bits per heavy atom. The van der Waals surface area contributed by atoms with Crippen molar-refractivity contribution in [3.05, 3.63) is 29.8 Å². The van der Waals surface area contributed by atoms with Crippen molar-refractivity contribution in [2.24, 2.45) is 0 Å². The SMILES string of the molecule is CCC(=O)c1ccccc1N(CCOC)C(C)COC. The number of ketones is 1. The fraction of sp³-hybridized carbons (Fsp3) is 0.562. The lowest BCUT2D eigenvalue weighted by molar-refractivity contribution is 0.0988. The number of ether oxygens (including phenoxy) is 2. The quantitative estimate of drug-likeness (QED) is 0.652. The lowest BCUT2D eigenvalue weighted by atomic mass is 10.0. The minimum atomic E-state index is 0.160. The van der Waals surface area contributed by atoms with Crippen molar-refractivity contribution in [3.8, 4) is 0 Å². The van der Waals surface area contributed by atoms with E-state index in [0.29, 0.717) is 19.6 Å². The molecule has 0 aromatic heterocycles. The van der Waals surface area contributed by atoms with E-state index in [1.165, 1.54) is 0 Å². The Morgan fingerprint density at radius 2 is 1.95 bits per heavy atom. The number of rotatable bonds is 9. The number of nitrogens with zero attached hydrogens (tertiary/aromatic N) is 1. The number of para-hydroxylation sites is 1. The highest BCUT2D eigenvalue weighted by Gasteiger charge is 2.19. The number of hydrogen-bond donors (Lipinski definition) is 0. The van der Waals surface area contributed by atoms with E-state index in [2.05, 4.69) is 11.8 Å². The highest BCUT2D eigenvalue weighted by atomic mass is 16.5. The van der Waals surface area contributed by atoms with Crippen molar-refractivity contribution >= 4 is 11.5 Å². The third-order valence-electron chi connectivity index (χ3n) is 3.31. The molecule has 0 N–H and O–H groups in total. The lowest BCUT2D eigenvalue weighted by Crippen LogP contribution is -2.39. The first-order valence-electron chi connectivity index (χ1n) is 7.02. The van der Waals surface area contributed by atoms with Crippen LogP contribution in [0.5, 0.6) is 0 Å². The van der Waals surface area contributed by atoms with E-state index in [4.69, 9.17) is 9.47 Å². The fourth-order valence-electron chi connectivity index (χ4n) is 2.25. The van der Waals surface area contributed by atoms with Gasteiger partial charge in [0.15, 0.2) is 5.78 Å². The number of benzene rings is 1. The van der Waals surface area contributed by atoms with Crippen LogP contribution in [0, 0.1) is 0 Å². The average molecular weight is 279 g/mol. The van der Waals surface area contributed by atoms with Gasteiger partial charge < -0.3 is 14.4 Å². The minimum absolute atomic E-state index is 0.160. The highest BCUT2D eigenvalue weighted by Crippen LogP contribution is 2.24. The van der Waals surface area contributed by atoms with Crippen LogP contribution in [0.15, 0.2) is 24.3 Å². The van der Waals surface area contributed by atoms with Crippen molar-refractivity contribution in [2.75, 3.05) is 38.9 Å². The van der Waals surface area contributed by atoms with Gasteiger partial charge in [0.05, 0.1) is 13.2 Å². The van der Waals surface area contributed by atoms with Crippen LogP contribution in [0.25, 0.3) is 0 Å². The molecular formula is C16H25NO3. The van der Waals surface area contributed by atoms with E-state index in [-0.39, 0.29) is 11.8 Å². The number of Topliss-reactive ketones (excluding diaryl/α,β-unsaturated/α-hetero) is 1. The van der Waals surface area contributed by atoms with Gasteiger partial charge in [0.2, 0.25) is 0 Å². The molecule has 0 aliphatic heterocycles. The van der Waals surface area contributed by atoms with Crippen LogP contribution in [0.2, 0.25) is 0 Å². The smallest absolute Gasteiger partial charge is 0.164 e. The maximum absolute atomic E-state index is 12.1. The van der Waals surface area contributed by atoms with Crippen LogP contribution in [0.1, 0.15) is 30.6 Å². The number of hydrogen-bond acceptors (Lipinski definition) is 4. The molecule has 0 heterocycles. The summed E-state index contributed by atoms with van der Waals surface area (Å²) < 4.78 is 10.4. The Bertz CT molecular complexity index is 420. The maximum Gasteiger partial charge on any atom is 0.164 e. The van der Waals surface area contributed by atoms with Crippen LogP contribution < -0.4 is 4.90 Å². The molecule has 0 amide bonds. The summed E-state index contributed by atoms with van der Waals surface area (Å²) in [6.45, 7) is 5.93. The normalized spacial score (nSPS) is 12.2. The van der Waals surface area contributed by atoms with Gasteiger partial charge in [0.25, 0.3) is 0 Å². The second kappa shape index (κ2) is 8.72. The zero-order valence-corrected chi connectivity index (χ0v) is 12.9. The molecule has 4 nitrogen and oxygen atoms in total. The molecule has 0 fully saturated rings. The molecule has 1 unspecified atom stereocenters. The molecule has 4 heteroatoms. The van der Waals surface area contributed by atoms with E-state index < -0.39 is 0 Å². The zero-order chi connectivity index (χ0) is 15.0. The average Bonchev–Trinajstić information content (AvgIpc) is 2.47. The third kappa shape index (κ3) is 4.32. The van der Waals surface area contributed by atoms with Gasteiger partial charge in [0, 0.05) is 44.5 Å². The second-order valence-electron chi connectivity index (χ2n) is 4.78. The lowest BCUT2D eigenvalue weighted by Gasteiger charge is -2.32. The molecule has 1 aromatic carbocycles. The number of carbonyl (C=O) groups excluding carboxylic acids is 1. The minimum Gasteiger partial charge on any atom is -0.383 e. The molecule has 1 atom stereocenters. The number of methoxy groups -OCH3 is 2. The molecule has 0 radical (unpaired) electrons. The summed E-state index contributed by atoms with van der Waals surface area (Å²) in [5.41, 5.74) is 1.73. The molecule has 0 spiro atoms. The summed E-state index contributed by atoms with van der Waals surface area (Å²) in [7, 11) is 3.37. The predicted molar refractivity (Wildman–Crippen MR) is 81.6 cm³/mol. The van der Waals surface area contributed by atoms with Gasteiger partial charge >= 0.3 is 0 Å². The first-order chi connectivity index (χ1) is 9.65. The van der Waals surface area contributed by atoms with Crippen LogP contribution in [0.3, 0.4) is 0 Å². The molecule has 1 rings (SSSR count). The molecule has 0 bridgehead atoms. The monoisotopic (exact) mass is 279 g/mol. The topological polar surface area (TPSA) is 38.8 Å². The van der Waals surface area contributed by atoms with Crippen LogP contribution >= 0.6 is 0 Å². The summed E-state index contributed by atoms with van der Waals surface area (Å²) in [6.07, 6.45) is 0.508. The maximum atomic E-state index is 12.1. The zero-order valence-electron chi connectivity index (χ0n) is 12.9. The molecule has 0 saturated carbocycles. The Labute approximate surface area is 121 Å². The van der Waals surface area contributed by atoms with Crippen LogP contribution in [-0.2, 0) is 9.47 Å². The second-order valence-corrected chi connectivity index (χ2v) is 4.78. The Morgan fingerprint density at radius 3 is 2.55 bits per heavy atom. The molecule has 0 aliphatic carbocycles. The Kier molecular flexibility index (Phi) is 7.26. The van der Waals surface area contributed by atoms with Gasteiger partial charge in [0.1, 0.15) is 0 Å². The Balaban J connectivity index is 3.08. The molecular weight excluding hydrogens is 254 g/mol. The summed E-state index contributed by atoms with van der Waals surface area (Å²) in [6, 6.07) is 7.93. The van der Waals surface area contributed by atoms with Gasteiger partial charge in [-0.05, 0) is 19.1 Å². The van der Waals surface area contributed by atoms with Gasteiger partial charge in [-0.15, -0.1) is 0 Å². The van der Waals surface area contributed by atoms with Crippen molar-refractivity contribution in [1.29, 1.82) is 0 Å². The molecule has 0 aliphatic rings. The Hall–Kier alpha value is -1.39. The van der Waals surface area contributed by atoms with Crippen molar-refractivity contribution in [1.82, 2.24) is 0 Å². The van der Waals surface area contributed by atoms with Gasteiger partial charge in [-0.25, -0.2) is 0 Å². The summed E-state index contributed by atoms with van der Waals surface area (Å²) >= 11 is 0. The standard InChI is InChI=1S/C16H25NO3/c1-5-16(18)14-8-6-7-9-15(14)17(10-11-19-3)13(2)12-20-4/h6-9,13H,5,10-12H2,1-4H3. The molecule has 1 aromatic rings. The molecule has 112 valence electrons. The first-order valence-corrected chi connectivity index (χ1v) is 7.02. The van der Waals surface area contributed by atoms with Crippen LogP contribution in [-0.4, -0.2) is 45.8 Å². The van der Waals surface area contributed by atoms with Crippen LogP contribution in [0.4, 0.5) is 5.69 Å². The third-order valence-corrected chi connectivity index (χ3v) is 3.31. The van der Waals surface area contributed by atoms with E-state index >= 15 is 0 Å². The summed E-state index contributed by atoms with van der Waals surface area (Å²) in [5.74, 6) is 0.160. The summed E-state index contributed by atoms with van der Waals surface area (Å²) in [4.78, 5) is 14.3. The molecule has 20 heavy (non-hydrogen) atoms. The first kappa shape index (κ1) is 16.7. The van der Waals surface area contributed by atoms with Crippen molar-refractivity contribution < 1.29 is 14.3 Å².